The Balaban J connectivity index is 2.40. The van der Waals surface area contributed by atoms with Crippen LogP contribution in [0.4, 0.5) is 0 Å². The van der Waals surface area contributed by atoms with Gasteiger partial charge >= 0.3 is 0 Å². The van der Waals surface area contributed by atoms with Gasteiger partial charge in [-0.25, -0.2) is 0 Å². The van der Waals surface area contributed by atoms with Crippen LogP contribution < -0.4 is 5.73 Å². The van der Waals surface area contributed by atoms with Crippen LogP contribution in [0.1, 0.15) is 53.4 Å². The first kappa shape index (κ1) is 12.0. The highest BCUT2D eigenvalue weighted by atomic mass is 15.2. The summed E-state index contributed by atoms with van der Waals surface area (Å²) in [5.41, 5.74) is 6.00. The van der Waals surface area contributed by atoms with E-state index in [1.54, 1.807) is 0 Å². The molecule has 0 aromatic heterocycles. The number of hydrogen-bond acceptors (Lipinski definition) is 2. The fraction of sp³-hybridized carbons (Fsp3) is 1.00. The van der Waals surface area contributed by atoms with E-state index in [1.807, 2.05) is 0 Å². The molecule has 1 fully saturated rings. The van der Waals surface area contributed by atoms with Gasteiger partial charge in [0.05, 0.1) is 0 Å². The predicted octanol–water partition coefficient (Wildman–Crippen LogP) is 2.38. The molecular formula is C12H26N2. The molecule has 0 unspecified atom stereocenters. The summed E-state index contributed by atoms with van der Waals surface area (Å²) in [6.45, 7) is 10.1. The molecule has 0 aromatic rings. The Morgan fingerprint density at radius 2 is 1.71 bits per heavy atom. The van der Waals surface area contributed by atoms with E-state index in [9.17, 15) is 0 Å². The van der Waals surface area contributed by atoms with Crippen molar-refractivity contribution in [1.29, 1.82) is 0 Å². The second-order valence-electron chi connectivity index (χ2n) is 5.61. The van der Waals surface area contributed by atoms with Gasteiger partial charge in [-0.3, -0.25) is 4.90 Å². The van der Waals surface area contributed by atoms with E-state index in [1.165, 1.54) is 19.3 Å². The van der Waals surface area contributed by atoms with Crippen LogP contribution in [0.3, 0.4) is 0 Å². The van der Waals surface area contributed by atoms with Gasteiger partial charge in [-0.2, -0.15) is 0 Å². The van der Waals surface area contributed by atoms with Crippen LogP contribution in [0, 0.1) is 0 Å². The van der Waals surface area contributed by atoms with Gasteiger partial charge < -0.3 is 5.73 Å². The Morgan fingerprint density at radius 3 is 2.14 bits per heavy atom. The zero-order valence-corrected chi connectivity index (χ0v) is 10.2. The van der Waals surface area contributed by atoms with Gasteiger partial charge in [-0.05, 0) is 47.0 Å². The highest BCUT2D eigenvalue weighted by molar-refractivity contribution is 4.82. The Labute approximate surface area is 88.8 Å². The minimum atomic E-state index is -0.0170. The van der Waals surface area contributed by atoms with Crippen molar-refractivity contribution >= 4 is 0 Å². The van der Waals surface area contributed by atoms with Crippen molar-refractivity contribution in [2.75, 3.05) is 6.54 Å². The van der Waals surface area contributed by atoms with Gasteiger partial charge in [0.15, 0.2) is 0 Å². The van der Waals surface area contributed by atoms with Crippen molar-refractivity contribution in [2.24, 2.45) is 5.73 Å². The van der Waals surface area contributed by atoms with Crippen LogP contribution >= 0.6 is 0 Å². The number of piperidine rings is 1. The van der Waals surface area contributed by atoms with Crippen molar-refractivity contribution in [1.82, 2.24) is 4.90 Å². The van der Waals surface area contributed by atoms with Gasteiger partial charge in [0, 0.05) is 24.2 Å². The maximum absolute atomic E-state index is 6.02. The Morgan fingerprint density at radius 1 is 1.21 bits per heavy atom. The molecule has 1 rings (SSSR count). The maximum atomic E-state index is 6.02. The van der Waals surface area contributed by atoms with E-state index in [4.69, 9.17) is 5.73 Å². The minimum Gasteiger partial charge on any atom is -0.326 e. The number of nitrogens with zero attached hydrogens (tertiary/aromatic N) is 1. The first-order valence-electron chi connectivity index (χ1n) is 5.95. The van der Waals surface area contributed by atoms with Crippen LogP contribution in [0.5, 0.6) is 0 Å². The lowest BCUT2D eigenvalue weighted by molar-refractivity contribution is 0.0955. The summed E-state index contributed by atoms with van der Waals surface area (Å²) in [6.07, 6.45) is 5.21. The van der Waals surface area contributed by atoms with Gasteiger partial charge in [0.1, 0.15) is 0 Å². The Kier molecular flexibility index (Phi) is 3.96. The quantitative estimate of drug-likeness (QED) is 0.754. The Bertz CT molecular complexity index is 162. The summed E-state index contributed by atoms with van der Waals surface area (Å²) < 4.78 is 0. The summed E-state index contributed by atoms with van der Waals surface area (Å²) >= 11 is 0. The highest BCUT2D eigenvalue weighted by Crippen LogP contribution is 2.23. The summed E-state index contributed by atoms with van der Waals surface area (Å²) in [4.78, 5) is 2.62. The molecule has 2 nitrogen and oxygen atoms in total. The third-order valence-electron chi connectivity index (χ3n) is 3.39. The monoisotopic (exact) mass is 198 g/mol. The molecule has 2 heteroatoms. The summed E-state index contributed by atoms with van der Waals surface area (Å²) in [6, 6.07) is 1.50. The predicted molar refractivity (Wildman–Crippen MR) is 62.4 cm³/mol. The van der Waals surface area contributed by atoms with E-state index in [0.717, 1.165) is 25.0 Å². The molecule has 0 radical (unpaired) electrons. The molecule has 0 bridgehead atoms. The number of hydrogen-bond donors (Lipinski definition) is 1. The van der Waals surface area contributed by atoms with Crippen molar-refractivity contribution in [2.45, 2.75) is 71.0 Å². The van der Waals surface area contributed by atoms with Crippen LogP contribution in [-0.4, -0.2) is 29.1 Å². The van der Waals surface area contributed by atoms with E-state index in [-0.39, 0.29) is 5.54 Å². The van der Waals surface area contributed by atoms with E-state index in [2.05, 4.69) is 32.6 Å². The van der Waals surface area contributed by atoms with Crippen LogP contribution in [0.2, 0.25) is 0 Å². The summed E-state index contributed by atoms with van der Waals surface area (Å²) in [5, 5.41) is 0. The van der Waals surface area contributed by atoms with E-state index >= 15 is 0 Å². The standard InChI is InChI=1S/C12H26N2/c1-10-6-5-7-11(2)14(10)9-8-12(3,4)13/h10-11H,5-9,13H2,1-4H3/t10-,11+. The third kappa shape index (κ3) is 3.58. The van der Waals surface area contributed by atoms with Crippen LogP contribution in [-0.2, 0) is 0 Å². The molecule has 1 saturated heterocycles. The average molecular weight is 198 g/mol. The van der Waals surface area contributed by atoms with Crippen molar-refractivity contribution in [3.63, 3.8) is 0 Å². The van der Waals surface area contributed by atoms with Gasteiger partial charge in [0.2, 0.25) is 0 Å². The number of rotatable bonds is 3. The van der Waals surface area contributed by atoms with Gasteiger partial charge in [0.25, 0.3) is 0 Å². The lowest BCUT2D eigenvalue weighted by Crippen LogP contribution is -2.47. The topological polar surface area (TPSA) is 29.3 Å². The molecule has 2 atom stereocenters. The van der Waals surface area contributed by atoms with Gasteiger partial charge in [-0.1, -0.05) is 6.42 Å². The molecule has 0 saturated carbocycles. The van der Waals surface area contributed by atoms with E-state index in [0.29, 0.717) is 0 Å². The molecule has 1 heterocycles. The fourth-order valence-corrected chi connectivity index (χ4v) is 2.33. The lowest BCUT2D eigenvalue weighted by Gasteiger charge is -2.40. The second kappa shape index (κ2) is 4.63. The summed E-state index contributed by atoms with van der Waals surface area (Å²) in [7, 11) is 0. The van der Waals surface area contributed by atoms with Crippen LogP contribution in [0.15, 0.2) is 0 Å². The first-order valence-corrected chi connectivity index (χ1v) is 5.95. The molecular weight excluding hydrogens is 172 g/mol. The van der Waals surface area contributed by atoms with Crippen molar-refractivity contribution in [3.8, 4) is 0 Å². The molecule has 1 aliphatic heterocycles. The molecule has 1 aliphatic rings. The molecule has 0 spiro atoms. The molecule has 0 aliphatic carbocycles. The molecule has 0 aromatic carbocycles. The zero-order chi connectivity index (χ0) is 10.8. The van der Waals surface area contributed by atoms with Crippen molar-refractivity contribution in [3.05, 3.63) is 0 Å². The minimum absolute atomic E-state index is 0.0170. The largest absolute Gasteiger partial charge is 0.326 e. The van der Waals surface area contributed by atoms with Gasteiger partial charge in [-0.15, -0.1) is 0 Å². The maximum Gasteiger partial charge on any atom is 0.0109 e. The van der Waals surface area contributed by atoms with Crippen molar-refractivity contribution < 1.29 is 0 Å². The van der Waals surface area contributed by atoms with Crippen LogP contribution in [0.25, 0.3) is 0 Å². The first-order chi connectivity index (χ1) is 6.40. The molecule has 14 heavy (non-hydrogen) atoms. The SMILES string of the molecule is C[C@@H]1CCC[C@H](C)N1CCC(C)(C)N. The zero-order valence-electron chi connectivity index (χ0n) is 10.2. The summed E-state index contributed by atoms with van der Waals surface area (Å²) in [5.74, 6) is 0. The number of nitrogens with two attached hydrogens (primary N) is 1. The fourth-order valence-electron chi connectivity index (χ4n) is 2.33. The molecule has 84 valence electrons. The normalized spacial score (nSPS) is 30.6. The number of likely N-dealkylation sites (tertiary alicyclic amines) is 1. The highest BCUT2D eigenvalue weighted by Gasteiger charge is 2.25. The third-order valence-corrected chi connectivity index (χ3v) is 3.39. The molecule has 2 N–H and O–H groups in total. The molecule has 0 amide bonds. The smallest absolute Gasteiger partial charge is 0.0109 e. The second-order valence-corrected chi connectivity index (χ2v) is 5.61. The average Bonchev–Trinajstić information content (AvgIpc) is 2.01. The van der Waals surface area contributed by atoms with E-state index < -0.39 is 0 Å². The Hall–Kier alpha value is -0.0800. The lowest BCUT2D eigenvalue weighted by atomic mass is 9.95.